The van der Waals surface area contributed by atoms with Gasteiger partial charge in [0.15, 0.2) is 5.78 Å². The molecular formula is C14H13NO4. The van der Waals surface area contributed by atoms with E-state index in [1.165, 1.54) is 0 Å². The third-order valence-corrected chi connectivity index (χ3v) is 3.62. The molecule has 1 aromatic rings. The first-order valence-electron chi connectivity index (χ1n) is 6.31. The van der Waals surface area contributed by atoms with E-state index in [0.717, 1.165) is 12.0 Å². The highest BCUT2D eigenvalue weighted by Crippen LogP contribution is 2.43. The number of carbonyl (C=O) groups is 1. The molecule has 19 heavy (non-hydrogen) atoms. The minimum absolute atomic E-state index is 0.0115. The van der Waals surface area contributed by atoms with Crippen LogP contribution in [0.3, 0.4) is 0 Å². The fourth-order valence-electron chi connectivity index (χ4n) is 2.82. The van der Waals surface area contributed by atoms with Crippen molar-refractivity contribution in [3.8, 4) is 5.75 Å². The van der Waals surface area contributed by atoms with Crippen molar-refractivity contribution in [2.75, 3.05) is 6.54 Å². The summed E-state index contributed by atoms with van der Waals surface area (Å²) in [7, 11) is 0. The third kappa shape index (κ3) is 2.01. The summed E-state index contributed by atoms with van der Waals surface area (Å²) in [5.74, 6) is 0.787. The number of rotatable bonds is 2. The molecule has 1 aliphatic carbocycles. The number of benzene rings is 1. The second kappa shape index (κ2) is 4.50. The summed E-state index contributed by atoms with van der Waals surface area (Å²) >= 11 is 0. The van der Waals surface area contributed by atoms with Crippen LogP contribution in [0.15, 0.2) is 35.6 Å². The lowest BCUT2D eigenvalue weighted by atomic mass is 9.81. The van der Waals surface area contributed by atoms with Crippen LogP contribution in [0.25, 0.3) is 0 Å². The van der Waals surface area contributed by atoms with Gasteiger partial charge in [-0.3, -0.25) is 14.9 Å². The predicted octanol–water partition coefficient (Wildman–Crippen LogP) is 2.45. The van der Waals surface area contributed by atoms with E-state index in [1.807, 2.05) is 12.1 Å². The first-order chi connectivity index (χ1) is 9.16. The predicted molar refractivity (Wildman–Crippen MR) is 67.6 cm³/mol. The van der Waals surface area contributed by atoms with Crippen LogP contribution in [0.5, 0.6) is 5.75 Å². The van der Waals surface area contributed by atoms with Gasteiger partial charge >= 0.3 is 0 Å². The molecule has 5 heteroatoms. The Morgan fingerprint density at radius 2 is 2.11 bits per heavy atom. The normalized spacial score (nSPS) is 21.5. The summed E-state index contributed by atoms with van der Waals surface area (Å²) in [6, 6.07) is 7.24. The van der Waals surface area contributed by atoms with Gasteiger partial charge in [-0.2, -0.15) is 0 Å². The quantitative estimate of drug-likeness (QED) is 0.604. The minimum Gasteiger partial charge on any atom is -0.461 e. The maximum Gasteiger partial charge on any atom is 0.215 e. The lowest BCUT2D eigenvalue weighted by Crippen LogP contribution is -2.28. The van der Waals surface area contributed by atoms with Crippen molar-refractivity contribution in [2.24, 2.45) is 0 Å². The van der Waals surface area contributed by atoms with Crippen molar-refractivity contribution >= 4 is 5.78 Å². The molecule has 1 heterocycles. The maximum atomic E-state index is 12.1. The highest BCUT2D eigenvalue weighted by atomic mass is 16.6. The molecule has 0 fully saturated rings. The van der Waals surface area contributed by atoms with Crippen LogP contribution in [0.2, 0.25) is 0 Å². The molecule has 0 saturated heterocycles. The number of allylic oxidation sites excluding steroid dienone is 1. The molecule has 0 radical (unpaired) electrons. The van der Waals surface area contributed by atoms with Crippen molar-refractivity contribution in [2.45, 2.75) is 25.2 Å². The highest BCUT2D eigenvalue weighted by Gasteiger charge is 2.38. The molecule has 5 nitrogen and oxygen atoms in total. The SMILES string of the molecule is O=C1CCCC2=C1[C@H](C[N+](=O)[O-])c1ccccc1O2. The number of para-hydroxylation sites is 1. The number of Topliss-reactive ketones (excluding diaryl/α,β-unsaturated/α-hetero) is 1. The lowest BCUT2D eigenvalue weighted by Gasteiger charge is -2.30. The molecule has 0 spiro atoms. The molecule has 1 atom stereocenters. The van der Waals surface area contributed by atoms with Crippen LogP contribution in [-0.4, -0.2) is 17.3 Å². The van der Waals surface area contributed by atoms with Gasteiger partial charge in [0.25, 0.3) is 0 Å². The van der Waals surface area contributed by atoms with E-state index >= 15 is 0 Å². The van der Waals surface area contributed by atoms with Gasteiger partial charge in [-0.05, 0) is 12.5 Å². The van der Waals surface area contributed by atoms with E-state index in [9.17, 15) is 14.9 Å². The number of ether oxygens (including phenoxy) is 1. The second-order valence-electron chi connectivity index (χ2n) is 4.82. The first-order valence-corrected chi connectivity index (χ1v) is 6.31. The molecule has 3 rings (SSSR count). The van der Waals surface area contributed by atoms with E-state index < -0.39 is 5.92 Å². The van der Waals surface area contributed by atoms with Gasteiger partial charge in [0.1, 0.15) is 11.5 Å². The molecule has 0 saturated carbocycles. The molecule has 0 unspecified atom stereocenters. The van der Waals surface area contributed by atoms with Crippen LogP contribution < -0.4 is 4.74 Å². The molecule has 0 bridgehead atoms. The average Bonchev–Trinajstić information content (AvgIpc) is 2.38. The molecular weight excluding hydrogens is 246 g/mol. The third-order valence-electron chi connectivity index (χ3n) is 3.62. The van der Waals surface area contributed by atoms with E-state index in [1.54, 1.807) is 12.1 Å². The number of hydrogen-bond donors (Lipinski definition) is 0. The largest absolute Gasteiger partial charge is 0.461 e. The van der Waals surface area contributed by atoms with Crippen molar-refractivity contribution < 1.29 is 14.5 Å². The van der Waals surface area contributed by atoms with E-state index in [4.69, 9.17) is 4.74 Å². The van der Waals surface area contributed by atoms with Crippen molar-refractivity contribution in [1.29, 1.82) is 0 Å². The Kier molecular flexibility index (Phi) is 2.81. The van der Waals surface area contributed by atoms with E-state index in [0.29, 0.717) is 29.9 Å². The van der Waals surface area contributed by atoms with Crippen molar-refractivity contribution in [1.82, 2.24) is 0 Å². The number of hydrogen-bond acceptors (Lipinski definition) is 4. The van der Waals surface area contributed by atoms with E-state index in [2.05, 4.69) is 0 Å². The van der Waals surface area contributed by atoms with Crippen LogP contribution in [0.1, 0.15) is 30.7 Å². The standard InChI is InChI=1S/C14H13NO4/c16-11-5-3-7-13-14(11)10(8-15(17)18)9-4-1-2-6-12(9)19-13/h1-2,4,6,10H,3,5,7-8H2/t10-/m1/s1. The fraction of sp³-hybridized carbons (Fsp3) is 0.357. The Bertz CT molecular complexity index is 591. The summed E-state index contributed by atoms with van der Waals surface area (Å²) in [6.45, 7) is -0.259. The van der Waals surface area contributed by atoms with Gasteiger partial charge in [0.2, 0.25) is 6.54 Å². The number of carbonyl (C=O) groups excluding carboxylic acids is 1. The lowest BCUT2D eigenvalue weighted by molar-refractivity contribution is -0.482. The number of nitro groups is 1. The summed E-state index contributed by atoms with van der Waals surface area (Å²) in [4.78, 5) is 22.6. The zero-order valence-corrected chi connectivity index (χ0v) is 10.3. The van der Waals surface area contributed by atoms with Gasteiger partial charge < -0.3 is 4.74 Å². The topological polar surface area (TPSA) is 69.4 Å². The zero-order valence-electron chi connectivity index (χ0n) is 10.3. The molecule has 0 N–H and O–H groups in total. The number of ketones is 1. The Morgan fingerprint density at radius 3 is 2.89 bits per heavy atom. The smallest absolute Gasteiger partial charge is 0.215 e. The minimum atomic E-state index is -0.470. The second-order valence-corrected chi connectivity index (χ2v) is 4.82. The summed E-state index contributed by atoms with van der Waals surface area (Å²) in [5.41, 5.74) is 1.26. The number of fused-ring (bicyclic) bond motifs is 1. The monoisotopic (exact) mass is 259 g/mol. The molecule has 2 aliphatic rings. The summed E-state index contributed by atoms with van der Waals surface area (Å²) in [6.07, 6.45) is 1.90. The van der Waals surface area contributed by atoms with Gasteiger partial charge in [-0.15, -0.1) is 0 Å². The van der Waals surface area contributed by atoms with Gasteiger partial charge in [0.05, 0.1) is 5.92 Å². The van der Waals surface area contributed by atoms with Crippen molar-refractivity contribution in [3.63, 3.8) is 0 Å². The Morgan fingerprint density at radius 1 is 1.32 bits per heavy atom. The molecule has 0 amide bonds. The molecule has 1 aliphatic heterocycles. The first kappa shape index (κ1) is 11.9. The molecule has 1 aromatic carbocycles. The van der Waals surface area contributed by atoms with Crippen LogP contribution in [-0.2, 0) is 4.79 Å². The van der Waals surface area contributed by atoms with Gasteiger partial charge in [0, 0.05) is 28.9 Å². The molecule has 98 valence electrons. The van der Waals surface area contributed by atoms with Gasteiger partial charge in [-0.1, -0.05) is 18.2 Å². The Labute approximate surface area is 110 Å². The van der Waals surface area contributed by atoms with Crippen LogP contribution >= 0.6 is 0 Å². The molecule has 0 aromatic heterocycles. The van der Waals surface area contributed by atoms with Crippen LogP contribution in [0.4, 0.5) is 0 Å². The maximum absolute atomic E-state index is 12.1. The Balaban J connectivity index is 2.11. The Hall–Kier alpha value is -2.17. The highest BCUT2D eigenvalue weighted by molar-refractivity contribution is 5.98. The summed E-state index contributed by atoms with van der Waals surface area (Å²) < 4.78 is 5.75. The van der Waals surface area contributed by atoms with E-state index in [-0.39, 0.29) is 17.3 Å². The summed E-state index contributed by atoms with van der Waals surface area (Å²) in [5, 5.41) is 10.9. The number of nitrogens with zero attached hydrogens (tertiary/aromatic N) is 1. The average molecular weight is 259 g/mol. The van der Waals surface area contributed by atoms with Crippen LogP contribution in [0, 0.1) is 10.1 Å². The van der Waals surface area contributed by atoms with Crippen molar-refractivity contribution in [3.05, 3.63) is 51.3 Å². The fourth-order valence-corrected chi connectivity index (χ4v) is 2.82. The van der Waals surface area contributed by atoms with Gasteiger partial charge in [-0.25, -0.2) is 0 Å². The zero-order chi connectivity index (χ0) is 13.4.